The lowest BCUT2D eigenvalue weighted by molar-refractivity contribution is 0.189. The number of carbonyl (C=O) groups excluding carboxylic acids is 1. The van der Waals surface area contributed by atoms with Gasteiger partial charge < -0.3 is 15.1 Å². The summed E-state index contributed by atoms with van der Waals surface area (Å²) >= 11 is 5.88. The molecule has 1 fully saturated rings. The first kappa shape index (κ1) is 17.5. The largest absolute Gasteiger partial charge is 0.353 e. The Morgan fingerprint density at radius 1 is 1.20 bits per heavy atom. The van der Waals surface area contributed by atoms with E-state index in [1.54, 1.807) is 12.4 Å². The number of halogens is 1. The van der Waals surface area contributed by atoms with E-state index in [9.17, 15) is 4.79 Å². The Kier molecular flexibility index (Phi) is 5.71. The first-order valence-corrected chi connectivity index (χ1v) is 8.88. The Balaban J connectivity index is 1.55. The van der Waals surface area contributed by atoms with Gasteiger partial charge in [-0.2, -0.15) is 0 Å². The second-order valence-electron chi connectivity index (χ2n) is 5.97. The molecule has 0 bridgehead atoms. The van der Waals surface area contributed by atoms with Crippen LogP contribution in [0.1, 0.15) is 25.1 Å². The van der Waals surface area contributed by atoms with Gasteiger partial charge in [-0.25, -0.2) is 9.78 Å². The predicted molar refractivity (Wildman–Crippen MR) is 98.8 cm³/mol. The molecule has 2 aromatic heterocycles. The Labute approximate surface area is 152 Å². The molecule has 1 N–H and O–H groups in total. The number of pyridine rings is 2. The number of urea groups is 1. The van der Waals surface area contributed by atoms with Crippen molar-refractivity contribution in [2.75, 3.05) is 31.1 Å². The Morgan fingerprint density at radius 2 is 2.00 bits per heavy atom. The highest BCUT2D eigenvalue weighted by Gasteiger charge is 2.24. The van der Waals surface area contributed by atoms with E-state index in [0.29, 0.717) is 18.1 Å². The zero-order valence-corrected chi connectivity index (χ0v) is 15.0. The number of rotatable bonds is 4. The number of piperazine rings is 1. The van der Waals surface area contributed by atoms with Gasteiger partial charge in [-0.3, -0.25) is 4.98 Å². The first-order chi connectivity index (χ1) is 12.2. The molecule has 0 aliphatic carbocycles. The minimum Gasteiger partial charge on any atom is -0.353 e. The van der Waals surface area contributed by atoms with Crippen molar-refractivity contribution in [2.45, 2.75) is 19.4 Å². The third-order valence-corrected chi connectivity index (χ3v) is 4.58. The molecule has 0 radical (unpaired) electrons. The second-order valence-corrected chi connectivity index (χ2v) is 6.41. The zero-order chi connectivity index (χ0) is 17.6. The van der Waals surface area contributed by atoms with Crippen LogP contribution in [0.15, 0.2) is 42.7 Å². The van der Waals surface area contributed by atoms with Crippen LogP contribution in [0, 0.1) is 0 Å². The summed E-state index contributed by atoms with van der Waals surface area (Å²) in [6, 6.07) is 9.40. The summed E-state index contributed by atoms with van der Waals surface area (Å²) in [5.74, 6) is 0.893. The molecule has 1 aliphatic heterocycles. The standard InChI is InChI=1S/C18H22ClN5O/c1-2-15(16-5-3-4-8-20-16)22-18(25)24-11-9-23(10-12-24)17-7-6-14(19)13-21-17/h3-8,13,15H,2,9-12H2,1H3,(H,22,25)/t15-/m1/s1. The minimum atomic E-state index is -0.0651. The van der Waals surface area contributed by atoms with Crippen molar-refractivity contribution in [2.24, 2.45) is 0 Å². The average Bonchev–Trinajstić information content (AvgIpc) is 2.67. The van der Waals surface area contributed by atoms with Crippen LogP contribution in [0.25, 0.3) is 0 Å². The van der Waals surface area contributed by atoms with Gasteiger partial charge in [0.1, 0.15) is 5.82 Å². The highest BCUT2D eigenvalue weighted by atomic mass is 35.5. The zero-order valence-electron chi connectivity index (χ0n) is 14.2. The third-order valence-electron chi connectivity index (χ3n) is 4.35. The summed E-state index contributed by atoms with van der Waals surface area (Å²) in [5, 5.41) is 3.71. The van der Waals surface area contributed by atoms with Crippen LogP contribution in [0.5, 0.6) is 0 Å². The number of anilines is 1. The molecule has 0 saturated carbocycles. The molecular formula is C18H22ClN5O. The van der Waals surface area contributed by atoms with E-state index in [2.05, 4.69) is 20.2 Å². The van der Waals surface area contributed by atoms with E-state index in [0.717, 1.165) is 31.0 Å². The summed E-state index contributed by atoms with van der Waals surface area (Å²) in [4.78, 5) is 25.3. The lowest BCUT2D eigenvalue weighted by Crippen LogP contribution is -2.52. The van der Waals surface area contributed by atoms with Crippen molar-refractivity contribution in [3.8, 4) is 0 Å². The van der Waals surface area contributed by atoms with Gasteiger partial charge in [0.25, 0.3) is 0 Å². The summed E-state index contributed by atoms with van der Waals surface area (Å²) in [6.07, 6.45) is 4.20. The minimum absolute atomic E-state index is 0.0405. The van der Waals surface area contributed by atoms with Crippen molar-refractivity contribution >= 4 is 23.4 Å². The average molecular weight is 360 g/mol. The molecule has 1 atom stereocenters. The molecule has 7 heteroatoms. The maximum absolute atomic E-state index is 12.6. The van der Waals surface area contributed by atoms with Gasteiger partial charge >= 0.3 is 6.03 Å². The van der Waals surface area contributed by atoms with Crippen molar-refractivity contribution in [1.82, 2.24) is 20.2 Å². The fourth-order valence-electron chi connectivity index (χ4n) is 2.90. The Morgan fingerprint density at radius 3 is 2.60 bits per heavy atom. The molecule has 132 valence electrons. The smallest absolute Gasteiger partial charge is 0.318 e. The molecule has 3 heterocycles. The maximum atomic E-state index is 12.6. The summed E-state index contributed by atoms with van der Waals surface area (Å²) in [7, 11) is 0. The molecule has 2 amide bonds. The van der Waals surface area contributed by atoms with Crippen LogP contribution >= 0.6 is 11.6 Å². The highest BCUT2D eigenvalue weighted by molar-refractivity contribution is 6.30. The number of nitrogens with zero attached hydrogens (tertiary/aromatic N) is 4. The van der Waals surface area contributed by atoms with Crippen LogP contribution in [0.2, 0.25) is 5.02 Å². The molecule has 0 spiro atoms. The topological polar surface area (TPSA) is 61.4 Å². The monoisotopic (exact) mass is 359 g/mol. The molecule has 2 aromatic rings. The summed E-state index contributed by atoms with van der Waals surface area (Å²) < 4.78 is 0. The third kappa shape index (κ3) is 4.39. The van der Waals surface area contributed by atoms with E-state index in [1.807, 2.05) is 42.2 Å². The van der Waals surface area contributed by atoms with E-state index < -0.39 is 0 Å². The predicted octanol–water partition coefficient (Wildman–Crippen LogP) is 3.11. The molecule has 3 rings (SSSR count). The number of hydrogen-bond donors (Lipinski definition) is 1. The number of hydrogen-bond acceptors (Lipinski definition) is 4. The van der Waals surface area contributed by atoms with Crippen LogP contribution < -0.4 is 10.2 Å². The number of amides is 2. The van der Waals surface area contributed by atoms with Gasteiger partial charge in [0.05, 0.1) is 16.8 Å². The highest BCUT2D eigenvalue weighted by Crippen LogP contribution is 2.17. The molecule has 1 aliphatic rings. The van der Waals surface area contributed by atoms with Gasteiger partial charge in [-0.15, -0.1) is 0 Å². The lowest BCUT2D eigenvalue weighted by atomic mass is 10.1. The van der Waals surface area contributed by atoms with Crippen LogP contribution in [0.4, 0.5) is 10.6 Å². The van der Waals surface area contributed by atoms with Crippen LogP contribution in [-0.2, 0) is 0 Å². The summed E-state index contributed by atoms with van der Waals surface area (Å²) in [6.45, 7) is 4.87. The fraction of sp³-hybridized carbons (Fsp3) is 0.389. The fourth-order valence-corrected chi connectivity index (χ4v) is 3.01. The number of nitrogens with one attached hydrogen (secondary N) is 1. The SMILES string of the molecule is CC[C@@H](NC(=O)N1CCN(c2ccc(Cl)cn2)CC1)c1ccccn1. The van der Waals surface area contributed by atoms with E-state index >= 15 is 0 Å². The van der Waals surface area contributed by atoms with Gasteiger partial charge in [0, 0.05) is 38.6 Å². The molecule has 6 nitrogen and oxygen atoms in total. The maximum Gasteiger partial charge on any atom is 0.318 e. The van der Waals surface area contributed by atoms with Crippen molar-refractivity contribution in [3.05, 3.63) is 53.4 Å². The van der Waals surface area contributed by atoms with E-state index in [1.165, 1.54) is 0 Å². The molecule has 0 unspecified atom stereocenters. The van der Waals surface area contributed by atoms with Gasteiger partial charge in [-0.05, 0) is 30.7 Å². The van der Waals surface area contributed by atoms with E-state index in [-0.39, 0.29) is 12.1 Å². The van der Waals surface area contributed by atoms with Crippen molar-refractivity contribution in [1.29, 1.82) is 0 Å². The number of aromatic nitrogens is 2. The molecular weight excluding hydrogens is 338 g/mol. The quantitative estimate of drug-likeness (QED) is 0.911. The first-order valence-electron chi connectivity index (χ1n) is 8.50. The molecule has 0 aromatic carbocycles. The normalized spacial score (nSPS) is 15.8. The van der Waals surface area contributed by atoms with Crippen molar-refractivity contribution in [3.63, 3.8) is 0 Å². The Hall–Kier alpha value is -2.34. The second kappa shape index (κ2) is 8.16. The van der Waals surface area contributed by atoms with Crippen molar-refractivity contribution < 1.29 is 4.79 Å². The lowest BCUT2D eigenvalue weighted by Gasteiger charge is -2.36. The van der Waals surface area contributed by atoms with E-state index in [4.69, 9.17) is 11.6 Å². The molecule has 25 heavy (non-hydrogen) atoms. The van der Waals surface area contributed by atoms with Crippen LogP contribution in [-0.4, -0.2) is 47.1 Å². The Bertz CT molecular complexity index is 686. The summed E-state index contributed by atoms with van der Waals surface area (Å²) in [5.41, 5.74) is 0.891. The number of carbonyl (C=O) groups is 1. The van der Waals surface area contributed by atoms with Crippen LogP contribution in [0.3, 0.4) is 0 Å². The van der Waals surface area contributed by atoms with Gasteiger partial charge in [0.15, 0.2) is 0 Å². The molecule has 1 saturated heterocycles. The van der Waals surface area contributed by atoms with Gasteiger partial charge in [-0.1, -0.05) is 24.6 Å². The van der Waals surface area contributed by atoms with Gasteiger partial charge in [0.2, 0.25) is 0 Å².